The number of carbonyl (C=O) groups is 3. The molecule has 148 valence electrons. The van der Waals surface area contributed by atoms with Crippen LogP contribution in [0.5, 0.6) is 0 Å². The van der Waals surface area contributed by atoms with Crippen LogP contribution in [-0.2, 0) is 16.1 Å². The number of nitrogens with one attached hydrogen (secondary N) is 2. The molecule has 0 atom stereocenters. The van der Waals surface area contributed by atoms with Crippen LogP contribution in [-0.4, -0.2) is 50.9 Å². The molecule has 1 saturated heterocycles. The maximum atomic E-state index is 12.6. The SMILES string of the molecule is O=C(CCN1C(=O)NC2(CCCC2)C1=O)NCCCn1cnc2ccccc21. The molecule has 1 spiro atoms. The molecule has 0 unspecified atom stereocenters. The summed E-state index contributed by atoms with van der Waals surface area (Å²) in [5.41, 5.74) is 1.33. The van der Waals surface area contributed by atoms with Gasteiger partial charge in [0.15, 0.2) is 0 Å². The van der Waals surface area contributed by atoms with E-state index >= 15 is 0 Å². The van der Waals surface area contributed by atoms with Gasteiger partial charge < -0.3 is 15.2 Å². The lowest BCUT2D eigenvalue weighted by Gasteiger charge is -2.19. The Morgan fingerprint density at radius 2 is 1.96 bits per heavy atom. The van der Waals surface area contributed by atoms with Crippen LogP contribution in [0.25, 0.3) is 11.0 Å². The van der Waals surface area contributed by atoms with E-state index in [1.54, 1.807) is 0 Å². The summed E-state index contributed by atoms with van der Waals surface area (Å²) in [6.45, 7) is 1.43. The van der Waals surface area contributed by atoms with Crippen molar-refractivity contribution in [2.75, 3.05) is 13.1 Å². The van der Waals surface area contributed by atoms with E-state index in [2.05, 4.69) is 20.2 Å². The second-order valence-corrected chi connectivity index (χ2v) is 7.56. The summed E-state index contributed by atoms with van der Waals surface area (Å²) >= 11 is 0. The Labute approximate surface area is 163 Å². The summed E-state index contributed by atoms with van der Waals surface area (Å²) in [7, 11) is 0. The van der Waals surface area contributed by atoms with Gasteiger partial charge >= 0.3 is 6.03 Å². The molecule has 0 bridgehead atoms. The molecule has 28 heavy (non-hydrogen) atoms. The maximum absolute atomic E-state index is 12.6. The van der Waals surface area contributed by atoms with E-state index in [-0.39, 0.29) is 30.8 Å². The molecular formula is C20H25N5O3. The number of aryl methyl sites for hydroxylation is 1. The molecule has 2 heterocycles. The number of urea groups is 1. The third-order valence-electron chi connectivity index (χ3n) is 5.69. The molecule has 1 saturated carbocycles. The van der Waals surface area contributed by atoms with Gasteiger partial charge in [0, 0.05) is 26.1 Å². The van der Waals surface area contributed by atoms with E-state index in [1.807, 2.05) is 30.6 Å². The molecule has 2 aromatic rings. The lowest BCUT2D eigenvalue weighted by molar-refractivity contribution is -0.131. The average Bonchev–Trinajstić information content (AvgIpc) is 3.38. The van der Waals surface area contributed by atoms with Gasteiger partial charge in [0.25, 0.3) is 5.91 Å². The van der Waals surface area contributed by atoms with Crippen molar-refractivity contribution < 1.29 is 14.4 Å². The van der Waals surface area contributed by atoms with Crippen LogP contribution in [0.15, 0.2) is 30.6 Å². The van der Waals surface area contributed by atoms with Gasteiger partial charge in [-0.05, 0) is 31.4 Å². The number of hydrogen-bond acceptors (Lipinski definition) is 4. The van der Waals surface area contributed by atoms with Gasteiger partial charge in [-0.2, -0.15) is 0 Å². The van der Waals surface area contributed by atoms with Gasteiger partial charge in [-0.3, -0.25) is 14.5 Å². The summed E-state index contributed by atoms with van der Waals surface area (Å²) in [6.07, 6.45) is 6.01. The van der Waals surface area contributed by atoms with Crippen molar-refractivity contribution >= 4 is 28.9 Å². The van der Waals surface area contributed by atoms with Crippen LogP contribution in [0.1, 0.15) is 38.5 Å². The van der Waals surface area contributed by atoms with Gasteiger partial charge in [-0.15, -0.1) is 0 Å². The van der Waals surface area contributed by atoms with E-state index in [1.165, 1.54) is 4.90 Å². The average molecular weight is 383 g/mol. The number of aromatic nitrogens is 2. The van der Waals surface area contributed by atoms with Crippen LogP contribution in [0.3, 0.4) is 0 Å². The summed E-state index contributed by atoms with van der Waals surface area (Å²) in [6, 6.07) is 7.56. The van der Waals surface area contributed by atoms with Crippen LogP contribution in [0, 0.1) is 0 Å². The fraction of sp³-hybridized carbons (Fsp3) is 0.500. The number of hydrogen-bond donors (Lipinski definition) is 2. The number of imidazole rings is 1. The molecule has 2 N–H and O–H groups in total. The van der Waals surface area contributed by atoms with Crippen molar-refractivity contribution in [3.63, 3.8) is 0 Å². The lowest BCUT2D eigenvalue weighted by Crippen LogP contribution is -2.44. The highest BCUT2D eigenvalue weighted by molar-refractivity contribution is 6.07. The van der Waals surface area contributed by atoms with E-state index in [0.717, 1.165) is 36.8 Å². The second kappa shape index (κ2) is 7.61. The van der Waals surface area contributed by atoms with Crippen molar-refractivity contribution in [1.82, 2.24) is 25.1 Å². The third-order valence-corrected chi connectivity index (χ3v) is 5.69. The molecule has 1 aromatic carbocycles. The zero-order valence-electron chi connectivity index (χ0n) is 15.8. The molecule has 2 aliphatic rings. The molecule has 1 aliphatic heterocycles. The number of fused-ring (bicyclic) bond motifs is 1. The quantitative estimate of drug-likeness (QED) is 0.563. The van der Waals surface area contributed by atoms with E-state index in [0.29, 0.717) is 19.4 Å². The highest BCUT2D eigenvalue weighted by atomic mass is 16.2. The Morgan fingerprint density at radius 1 is 1.18 bits per heavy atom. The van der Waals surface area contributed by atoms with Gasteiger partial charge in [0.05, 0.1) is 17.4 Å². The minimum Gasteiger partial charge on any atom is -0.356 e. The molecule has 2 fully saturated rings. The Bertz CT molecular complexity index is 900. The largest absolute Gasteiger partial charge is 0.356 e. The van der Waals surface area contributed by atoms with Crippen molar-refractivity contribution in [3.05, 3.63) is 30.6 Å². The van der Waals surface area contributed by atoms with Crippen molar-refractivity contribution in [1.29, 1.82) is 0 Å². The van der Waals surface area contributed by atoms with Gasteiger partial charge in [0.2, 0.25) is 5.91 Å². The standard InChI is InChI=1S/C20H25N5O3/c26-17(8-13-25-18(27)20(23-19(25)28)9-3-4-10-20)21-11-5-12-24-14-22-15-6-1-2-7-16(15)24/h1-2,6-7,14H,3-5,8-13H2,(H,21,26)(H,23,28). The van der Waals surface area contributed by atoms with Crippen molar-refractivity contribution in [2.24, 2.45) is 0 Å². The van der Waals surface area contributed by atoms with E-state index in [4.69, 9.17) is 0 Å². The number of benzene rings is 1. The lowest BCUT2D eigenvalue weighted by atomic mass is 9.98. The Balaban J connectivity index is 1.20. The molecular weight excluding hydrogens is 358 g/mol. The van der Waals surface area contributed by atoms with Crippen LogP contribution < -0.4 is 10.6 Å². The molecule has 4 amide bonds. The third kappa shape index (κ3) is 3.46. The minimum atomic E-state index is -0.707. The first-order valence-corrected chi connectivity index (χ1v) is 9.90. The predicted molar refractivity (Wildman–Crippen MR) is 103 cm³/mol. The number of nitrogens with zero attached hydrogens (tertiary/aromatic N) is 3. The van der Waals surface area contributed by atoms with Crippen molar-refractivity contribution in [2.45, 2.75) is 50.6 Å². The maximum Gasteiger partial charge on any atom is 0.325 e. The molecule has 0 radical (unpaired) electrons. The molecule has 1 aromatic heterocycles. The molecule has 4 rings (SSSR count). The van der Waals surface area contributed by atoms with Crippen molar-refractivity contribution in [3.8, 4) is 0 Å². The molecule has 8 nitrogen and oxygen atoms in total. The van der Waals surface area contributed by atoms with Gasteiger partial charge in [0.1, 0.15) is 5.54 Å². The van der Waals surface area contributed by atoms with E-state index in [9.17, 15) is 14.4 Å². The first kappa shape index (κ1) is 18.5. The van der Waals surface area contributed by atoms with Crippen LogP contribution in [0.4, 0.5) is 4.79 Å². The summed E-state index contributed by atoms with van der Waals surface area (Å²) in [5, 5.41) is 5.70. The Kier molecular flexibility index (Phi) is 5.02. The fourth-order valence-electron chi connectivity index (χ4n) is 4.16. The highest BCUT2D eigenvalue weighted by Crippen LogP contribution is 2.34. The van der Waals surface area contributed by atoms with Gasteiger partial charge in [-0.1, -0.05) is 25.0 Å². The topological polar surface area (TPSA) is 96.3 Å². The zero-order chi connectivity index (χ0) is 19.6. The van der Waals surface area contributed by atoms with Gasteiger partial charge in [-0.25, -0.2) is 9.78 Å². The zero-order valence-corrected chi connectivity index (χ0v) is 15.8. The number of rotatable bonds is 7. The smallest absolute Gasteiger partial charge is 0.325 e. The number of amides is 4. The first-order valence-electron chi connectivity index (χ1n) is 9.90. The molecule has 1 aliphatic carbocycles. The minimum absolute atomic E-state index is 0.128. The summed E-state index contributed by atoms with van der Waals surface area (Å²) in [5.74, 6) is -0.321. The van der Waals surface area contributed by atoms with Crippen LogP contribution >= 0.6 is 0 Å². The monoisotopic (exact) mass is 383 g/mol. The van der Waals surface area contributed by atoms with Crippen LogP contribution in [0.2, 0.25) is 0 Å². The number of carbonyl (C=O) groups excluding carboxylic acids is 3. The Morgan fingerprint density at radius 3 is 2.79 bits per heavy atom. The fourth-order valence-corrected chi connectivity index (χ4v) is 4.16. The normalized spacial score (nSPS) is 18.2. The molecule has 8 heteroatoms. The summed E-state index contributed by atoms with van der Waals surface area (Å²) in [4.78, 5) is 42.3. The number of imide groups is 1. The predicted octanol–water partition coefficient (Wildman–Crippen LogP) is 1.80. The Hall–Kier alpha value is -2.90. The second-order valence-electron chi connectivity index (χ2n) is 7.56. The number of para-hydroxylation sites is 2. The first-order chi connectivity index (χ1) is 13.6. The highest BCUT2D eigenvalue weighted by Gasteiger charge is 2.52. The summed E-state index contributed by atoms with van der Waals surface area (Å²) < 4.78 is 2.07. The van der Waals surface area contributed by atoms with E-state index < -0.39 is 5.54 Å².